The zero-order valence-electron chi connectivity index (χ0n) is 13.8. The third-order valence-electron chi connectivity index (χ3n) is 4.51. The summed E-state index contributed by atoms with van der Waals surface area (Å²) in [5, 5.41) is 11.2. The molecule has 0 aliphatic carbocycles. The maximum Gasteiger partial charge on any atom is 0.120 e. The van der Waals surface area contributed by atoms with Crippen molar-refractivity contribution in [2.75, 3.05) is 6.54 Å². The Hall–Kier alpha value is -2.59. The molecule has 4 heteroatoms. The number of aromatic amines is 1. The summed E-state index contributed by atoms with van der Waals surface area (Å²) in [5.74, 6) is 0.891. The van der Waals surface area contributed by atoms with Gasteiger partial charge in [0, 0.05) is 36.3 Å². The van der Waals surface area contributed by atoms with Crippen LogP contribution in [0.1, 0.15) is 22.4 Å². The SMILES string of the molecule is Cc1cc(OCc2ccccc2)ccc1-c1n[nH]c2c1CNCC2. The molecule has 2 N–H and O–H groups in total. The van der Waals surface area contributed by atoms with Crippen LogP contribution in [0.2, 0.25) is 0 Å². The summed E-state index contributed by atoms with van der Waals surface area (Å²) in [5.41, 5.74) is 7.13. The lowest BCUT2D eigenvalue weighted by molar-refractivity contribution is 0.306. The highest BCUT2D eigenvalue weighted by Gasteiger charge is 2.18. The fourth-order valence-corrected chi connectivity index (χ4v) is 3.18. The van der Waals surface area contributed by atoms with Gasteiger partial charge in [-0.15, -0.1) is 0 Å². The number of fused-ring (bicyclic) bond motifs is 1. The third kappa shape index (κ3) is 2.93. The van der Waals surface area contributed by atoms with Gasteiger partial charge < -0.3 is 10.1 Å². The highest BCUT2D eigenvalue weighted by molar-refractivity contribution is 5.68. The number of ether oxygens (including phenoxy) is 1. The van der Waals surface area contributed by atoms with Crippen LogP contribution in [0.5, 0.6) is 5.75 Å². The highest BCUT2D eigenvalue weighted by Crippen LogP contribution is 2.30. The molecule has 0 saturated heterocycles. The monoisotopic (exact) mass is 319 g/mol. The number of nitrogens with one attached hydrogen (secondary N) is 2. The lowest BCUT2D eigenvalue weighted by Crippen LogP contribution is -2.23. The second kappa shape index (κ2) is 6.49. The first-order valence-corrected chi connectivity index (χ1v) is 8.36. The number of nitrogens with zero attached hydrogens (tertiary/aromatic N) is 1. The van der Waals surface area contributed by atoms with Crippen LogP contribution in [0.3, 0.4) is 0 Å². The lowest BCUT2D eigenvalue weighted by Gasteiger charge is -2.14. The maximum absolute atomic E-state index is 5.92. The summed E-state index contributed by atoms with van der Waals surface area (Å²) in [7, 11) is 0. The van der Waals surface area contributed by atoms with E-state index < -0.39 is 0 Å². The second-order valence-corrected chi connectivity index (χ2v) is 6.21. The van der Waals surface area contributed by atoms with Gasteiger partial charge >= 0.3 is 0 Å². The summed E-state index contributed by atoms with van der Waals surface area (Å²) < 4.78 is 5.92. The Kier molecular flexibility index (Phi) is 4.05. The first kappa shape index (κ1) is 15.0. The Morgan fingerprint density at radius 1 is 1.12 bits per heavy atom. The predicted octanol–water partition coefficient (Wildman–Crippen LogP) is 3.61. The number of benzene rings is 2. The van der Waals surface area contributed by atoms with Gasteiger partial charge in [0.1, 0.15) is 12.4 Å². The molecule has 24 heavy (non-hydrogen) atoms. The van der Waals surface area contributed by atoms with E-state index in [0.717, 1.165) is 31.0 Å². The van der Waals surface area contributed by atoms with Crippen molar-refractivity contribution in [3.63, 3.8) is 0 Å². The van der Waals surface area contributed by atoms with Gasteiger partial charge in [-0.05, 0) is 36.2 Å². The van der Waals surface area contributed by atoms with Gasteiger partial charge in [-0.3, -0.25) is 5.10 Å². The molecule has 4 nitrogen and oxygen atoms in total. The molecular formula is C20H21N3O. The van der Waals surface area contributed by atoms with Crippen LogP contribution >= 0.6 is 0 Å². The summed E-state index contributed by atoms with van der Waals surface area (Å²) in [6, 6.07) is 16.5. The first-order valence-electron chi connectivity index (χ1n) is 8.36. The molecular weight excluding hydrogens is 298 g/mol. The summed E-state index contributed by atoms with van der Waals surface area (Å²) in [6.07, 6.45) is 1.01. The predicted molar refractivity (Wildman–Crippen MR) is 94.9 cm³/mol. The number of hydrogen-bond acceptors (Lipinski definition) is 3. The van der Waals surface area contributed by atoms with Crippen molar-refractivity contribution in [2.24, 2.45) is 0 Å². The van der Waals surface area contributed by atoms with Crippen molar-refractivity contribution in [1.82, 2.24) is 15.5 Å². The molecule has 3 aromatic rings. The molecule has 0 spiro atoms. The average Bonchev–Trinajstić information content (AvgIpc) is 3.05. The Bertz CT molecular complexity index is 839. The maximum atomic E-state index is 5.92. The molecule has 0 bridgehead atoms. The van der Waals surface area contributed by atoms with E-state index in [0.29, 0.717) is 6.61 Å². The number of aryl methyl sites for hydroxylation is 1. The van der Waals surface area contributed by atoms with Crippen LogP contribution in [0.25, 0.3) is 11.3 Å². The van der Waals surface area contributed by atoms with Crippen molar-refractivity contribution in [3.05, 3.63) is 70.9 Å². The fraction of sp³-hybridized carbons (Fsp3) is 0.250. The number of rotatable bonds is 4. The van der Waals surface area contributed by atoms with Crippen LogP contribution in [-0.2, 0) is 19.6 Å². The smallest absolute Gasteiger partial charge is 0.120 e. The normalized spacial score (nSPS) is 13.5. The molecule has 4 rings (SSSR count). The van der Waals surface area contributed by atoms with Crippen molar-refractivity contribution in [3.8, 4) is 17.0 Å². The van der Waals surface area contributed by atoms with Gasteiger partial charge in [-0.25, -0.2) is 0 Å². The molecule has 1 aliphatic heterocycles. The zero-order chi connectivity index (χ0) is 16.4. The van der Waals surface area contributed by atoms with E-state index >= 15 is 0 Å². The molecule has 0 fully saturated rings. The summed E-state index contributed by atoms with van der Waals surface area (Å²) >= 11 is 0. The molecule has 0 radical (unpaired) electrons. The molecule has 0 unspecified atom stereocenters. The molecule has 1 aromatic heterocycles. The van der Waals surface area contributed by atoms with E-state index in [9.17, 15) is 0 Å². The largest absolute Gasteiger partial charge is 0.489 e. The van der Waals surface area contributed by atoms with Crippen LogP contribution in [0, 0.1) is 6.92 Å². The molecule has 122 valence electrons. The van der Waals surface area contributed by atoms with Gasteiger partial charge in [0.2, 0.25) is 0 Å². The van der Waals surface area contributed by atoms with E-state index in [4.69, 9.17) is 4.74 Å². The van der Waals surface area contributed by atoms with Gasteiger partial charge in [0.05, 0.1) is 5.69 Å². The Morgan fingerprint density at radius 2 is 2.00 bits per heavy atom. The number of aromatic nitrogens is 2. The van der Waals surface area contributed by atoms with Crippen LogP contribution in [0.15, 0.2) is 48.5 Å². The fourth-order valence-electron chi connectivity index (χ4n) is 3.18. The number of H-pyrrole nitrogens is 1. The topological polar surface area (TPSA) is 49.9 Å². The lowest BCUT2D eigenvalue weighted by atomic mass is 9.99. The number of hydrogen-bond donors (Lipinski definition) is 2. The molecule has 1 aliphatic rings. The van der Waals surface area contributed by atoms with Crippen LogP contribution < -0.4 is 10.1 Å². The van der Waals surface area contributed by atoms with Crippen LogP contribution in [-0.4, -0.2) is 16.7 Å². The van der Waals surface area contributed by atoms with Gasteiger partial charge in [0.15, 0.2) is 0 Å². The summed E-state index contributed by atoms with van der Waals surface area (Å²) in [4.78, 5) is 0. The van der Waals surface area contributed by atoms with E-state index in [1.807, 2.05) is 24.3 Å². The van der Waals surface area contributed by atoms with Gasteiger partial charge in [0.25, 0.3) is 0 Å². The summed E-state index contributed by atoms with van der Waals surface area (Å²) in [6.45, 7) is 4.59. The highest BCUT2D eigenvalue weighted by atomic mass is 16.5. The van der Waals surface area contributed by atoms with Gasteiger partial charge in [-0.2, -0.15) is 5.10 Å². The van der Waals surface area contributed by atoms with E-state index in [1.165, 1.54) is 27.9 Å². The minimum atomic E-state index is 0.585. The van der Waals surface area contributed by atoms with Crippen molar-refractivity contribution < 1.29 is 4.74 Å². The molecule has 0 saturated carbocycles. The second-order valence-electron chi connectivity index (χ2n) is 6.21. The van der Waals surface area contributed by atoms with Crippen molar-refractivity contribution >= 4 is 0 Å². The van der Waals surface area contributed by atoms with Gasteiger partial charge in [-0.1, -0.05) is 30.3 Å². The molecule has 2 aromatic carbocycles. The van der Waals surface area contributed by atoms with E-state index in [-0.39, 0.29) is 0 Å². The standard InChI is InChI=1S/C20H21N3O/c1-14-11-16(24-13-15-5-3-2-4-6-15)7-8-17(14)20-18-12-21-10-9-19(18)22-23-20/h2-8,11,21H,9-10,12-13H2,1H3,(H,22,23). The van der Waals surface area contributed by atoms with Crippen molar-refractivity contribution in [1.29, 1.82) is 0 Å². The Labute approximate surface area is 141 Å². The minimum absolute atomic E-state index is 0.585. The minimum Gasteiger partial charge on any atom is -0.489 e. The first-order chi connectivity index (χ1) is 11.8. The molecule has 0 amide bonds. The Balaban J connectivity index is 1.55. The molecule has 0 atom stereocenters. The van der Waals surface area contributed by atoms with E-state index in [2.05, 4.69) is 46.7 Å². The van der Waals surface area contributed by atoms with Crippen molar-refractivity contribution in [2.45, 2.75) is 26.5 Å². The quantitative estimate of drug-likeness (QED) is 0.772. The third-order valence-corrected chi connectivity index (χ3v) is 4.51. The molecule has 2 heterocycles. The van der Waals surface area contributed by atoms with E-state index in [1.54, 1.807) is 0 Å². The zero-order valence-corrected chi connectivity index (χ0v) is 13.8. The van der Waals surface area contributed by atoms with Crippen LogP contribution in [0.4, 0.5) is 0 Å². The average molecular weight is 319 g/mol. The Morgan fingerprint density at radius 3 is 2.83 bits per heavy atom.